The monoisotopic (exact) mass is 258 g/mol. The second-order valence-corrected chi connectivity index (χ2v) is 4.12. The molecule has 0 saturated heterocycles. The van der Waals surface area contributed by atoms with Gasteiger partial charge in [-0.2, -0.15) is 5.10 Å². The molecule has 0 aliphatic rings. The van der Waals surface area contributed by atoms with Crippen molar-refractivity contribution in [2.24, 2.45) is 0 Å². The van der Waals surface area contributed by atoms with E-state index in [9.17, 15) is 4.39 Å². The maximum absolute atomic E-state index is 13.7. The van der Waals surface area contributed by atoms with E-state index in [1.165, 1.54) is 6.07 Å². The fraction of sp³-hybridized carbons (Fsp3) is 0.0769. The van der Waals surface area contributed by atoms with Gasteiger partial charge in [-0.1, -0.05) is 0 Å². The van der Waals surface area contributed by atoms with Crippen LogP contribution >= 0.6 is 0 Å². The summed E-state index contributed by atoms with van der Waals surface area (Å²) < 4.78 is 20.9. The lowest BCUT2D eigenvalue weighted by Crippen LogP contribution is -1.97. The van der Waals surface area contributed by atoms with Crippen LogP contribution in [0.3, 0.4) is 0 Å². The van der Waals surface area contributed by atoms with Gasteiger partial charge < -0.3 is 10.5 Å². The van der Waals surface area contributed by atoms with Crippen LogP contribution in [0.25, 0.3) is 5.65 Å². The van der Waals surface area contributed by atoms with Crippen LogP contribution in [0.1, 0.15) is 5.56 Å². The molecule has 19 heavy (non-hydrogen) atoms. The molecule has 3 aromatic rings. The third-order valence-corrected chi connectivity index (χ3v) is 2.82. The number of nitrogens with two attached hydrogens (primary N) is 1. The zero-order valence-electron chi connectivity index (χ0n) is 10.2. The van der Waals surface area contributed by atoms with E-state index in [0.717, 1.165) is 0 Å². The predicted molar refractivity (Wildman–Crippen MR) is 68.6 cm³/mol. The van der Waals surface area contributed by atoms with Gasteiger partial charge in [0.25, 0.3) is 0 Å². The van der Waals surface area contributed by atoms with Crippen molar-refractivity contribution in [3.63, 3.8) is 0 Å². The van der Waals surface area contributed by atoms with Crippen LogP contribution in [0.5, 0.6) is 11.5 Å². The molecule has 0 spiro atoms. The van der Waals surface area contributed by atoms with Crippen molar-refractivity contribution in [3.8, 4) is 11.5 Å². The number of rotatable bonds is 2. The minimum absolute atomic E-state index is 0.103. The van der Waals surface area contributed by atoms with Crippen LogP contribution in [-0.4, -0.2) is 14.6 Å². The molecule has 1 aromatic carbocycles. The summed E-state index contributed by atoms with van der Waals surface area (Å²) >= 11 is 0. The summed E-state index contributed by atoms with van der Waals surface area (Å²) in [6.07, 6.45) is 4.91. The van der Waals surface area contributed by atoms with Gasteiger partial charge in [0.15, 0.2) is 17.2 Å². The van der Waals surface area contributed by atoms with Crippen LogP contribution in [0.4, 0.5) is 10.1 Å². The molecule has 5 nitrogen and oxygen atoms in total. The number of hydrogen-bond acceptors (Lipinski definition) is 4. The van der Waals surface area contributed by atoms with E-state index >= 15 is 0 Å². The Hall–Kier alpha value is -2.63. The first-order chi connectivity index (χ1) is 9.15. The molecule has 0 bridgehead atoms. The molecule has 0 radical (unpaired) electrons. The first-order valence-corrected chi connectivity index (χ1v) is 5.67. The summed E-state index contributed by atoms with van der Waals surface area (Å²) in [5, 5.41) is 4.12. The quantitative estimate of drug-likeness (QED) is 0.717. The predicted octanol–water partition coefficient (Wildman–Crippen LogP) is 2.55. The summed E-state index contributed by atoms with van der Waals surface area (Å²) in [6.45, 7) is 1.61. The van der Waals surface area contributed by atoms with Crippen LogP contribution < -0.4 is 10.5 Å². The maximum Gasteiger partial charge on any atom is 0.157 e. The third-order valence-electron chi connectivity index (χ3n) is 2.82. The van der Waals surface area contributed by atoms with Crippen LogP contribution in [0.2, 0.25) is 0 Å². The molecular formula is C13H11FN4O. The topological polar surface area (TPSA) is 65.4 Å². The van der Waals surface area contributed by atoms with Gasteiger partial charge >= 0.3 is 0 Å². The fourth-order valence-electron chi connectivity index (χ4n) is 1.77. The summed E-state index contributed by atoms with van der Waals surface area (Å²) in [7, 11) is 0. The van der Waals surface area contributed by atoms with E-state index in [4.69, 9.17) is 10.5 Å². The number of imidazole rings is 1. The second kappa shape index (κ2) is 4.24. The Balaban J connectivity index is 1.98. The van der Waals surface area contributed by atoms with Crippen LogP contribution in [-0.2, 0) is 0 Å². The molecule has 0 unspecified atom stereocenters. The van der Waals surface area contributed by atoms with E-state index in [2.05, 4.69) is 10.1 Å². The number of anilines is 1. The molecule has 0 atom stereocenters. The van der Waals surface area contributed by atoms with Crippen molar-refractivity contribution >= 4 is 11.3 Å². The normalized spacial score (nSPS) is 10.8. The Kier molecular flexibility index (Phi) is 2.56. The Bertz CT molecular complexity index is 753. The maximum atomic E-state index is 13.7. The number of aromatic nitrogens is 3. The highest BCUT2D eigenvalue weighted by Crippen LogP contribution is 2.29. The van der Waals surface area contributed by atoms with Gasteiger partial charge in [-0.15, -0.1) is 0 Å². The molecule has 0 aliphatic carbocycles. The second-order valence-electron chi connectivity index (χ2n) is 4.12. The smallest absolute Gasteiger partial charge is 0.157 e. The molecule has 3 rings (SSSR count). The Morgan fingerprint density at radius 3 is 3.05 bits per heavy atom. The minimum atomic E-state index is -0.465. The van der Waals surface area contributed by atoms with E-state index in [1.54, 1.807) is 42.2 Å². The standard InChI is InChI=1S/C13H11FN4O/c1-8-11(3-2-10(15)13(8)14)19-9-6-12-16-4-5-18(12)17-7-9/h2-7H,15H2,1H3. The molecule has 6 heteroatoms. The first kappa shape index (κ1) is 11.5. The highest BCUT2D eigenvalue weighted by atomic mass is 19.1. The fourth-order valence-corrected chi connectivity index (χ4v) is 1.77. The van der Waals surface area contributed by atoms with Gasteiger partial charge in [0.1, 0.15) is 5.75 Å². The Morgan fingerprint density at radius 2 is 2.21 bits per heavy atom. The molecule has 2 aromatic heterocycles. The van der Waals surface area contributed by atoms with Crippen LogP contribution in [0, 0.1) is 12.7 Å². The van der Waals surface area contributed by atoms with E-state index in [0.29, 0.717) is 22.7 Å². The lowest BCUT2D eigenvalue weighted by atomic mass is 10.2. The van der Waals surface area contributed by atoms with E-state index in [-0.39, 0.29) is 5.69 Å². The average molecular weight is 258 g/mol. The van der Waals surface area contributed by atoms with Gasteiger partial charge in [-0.25, -0.2) is 13.9 Å². The molecule has 0 saturated carbocycles. The summed E-state index contributed by atoms with van der Waals surface area (Å²) in [4.78, 5) is 4.10. The highest BCUT2D eigenvalue weighted by molar-refractivity contribution is 5.51. The minimum Gasteiger partial charge on any atom is -0.455 e. The number of ether oxygens (including phenoxy) is 1. The van der Waals surface area contributed by atoms with Crippen molar-refractivity contribution in [3.05, 3.63) is 48.2 Å². The number of nitrogen functional groups attached to an aromatic ring is 1. The molecule has 96 valence electrons. The van der Waals surface area contributed by atoms with Crippen molar-refractivity contribution in [2.45, 2.75) is 6.92 Å². The zero-order valence-corrected chi connectivity index (χ0v) is 10.2. The average Bonchev–Trinajstić information content (AvgIpc) is 2.87. The molecule has 2 N–H and O–H groups in total. The lowest BCUT2D eigenvalue weighted by molar-refractivity contribution is 0.468. The van der Waals surface area contributed by atoms with E-state index in [1.807, 2.05) is 0 Å². The molecule has 0 fully saturated rings. The van der Waals surface area contributed by atoms with E-state index < -0.39 is 5.82 Å². The molecule has 2 heterocycles. The van der Waals surface area contributed by atoms with Gasteiger partial charge in [0.05, 0.1) is 11.9 Å². The lowest BCUT2D eigenvalue weighted by Gasteiger charge is -2.10. The number of halogens is 1. The number of benzene rings is 1. The molecule has 0 amide bonds. The van der Waals surface area contributed by atoms with Crippen molar-refractivity contribution < 1.29 is 9.13 Å². The Morgan fingerprint density at radius 1 is 1.37 bits per heavy atom. The highest BCUT2D eigenvalue weighted by Gasteiger charge is 2.10. The largest absolute Gasteiger partial charge is 0.455 e. The van der Waals surface area contributed by atoms with Crippen molar-refractivity contribution in [1.29, 1.82) is 0 Å². The van der Waals surface area contributed by atoms with Crippen molar-refractivity contribution in [2.75, 3.05) is 5.73 Å². The number of fused-ring (bicyclic) bond motifs is 1. The number of hydrogen-bond donors (Lipinski definition) is 1. The SMILES string of the molecule is Cc1c(Oc2cnn3ccnc3c2)ccc(N)c1F. The van der Waals surface area contributed by atoms with Gasteiger partial charge in [0, 0.05) is 24.0 Å². The third kappa shape index (κ3) is 1.97. The van der Waals surface area contributed by atoms with Gasteiger partial charge in [0.2, 0.25) is 0 Å². The first-order valence-electron chi connectivity index (χ1n) is 5.67. The van der Waals surface area contributed by atoms with Gasteiger partial charge in [-0.05, 0) is 19.1 Å². The van der Waals surface area contributed by atoms with Crippen LogP contribution in [0.15, 0.2) is 36.8 Å². The van der Waals surface area contributed by atoms with Gasteiger partial charge in [-0.3, -0.25) is 0 Å². The summed E-state index contributed by atoms with van der Waals surface area (Å²) in [5.41, 5.74) is 6.61. The molecule has 0 aliphatic heterocycles. The van der Waals surface area contributed by atoms with Crippen molar-refractivity contribution in [1.82, 2.24) is 14.6 Å². The molecular weight excluding hydrogens is 247 g/mol. The Labute approximate surface area is 108 Å². The summed E-state index contributed by atoms with van der Waals surface area (Å²) in [6, 6.07) is 4.82. The summed E-state index contributed by atoms with van der Waals surface area (Å²) in [5.74, 6) is 0.433. The zero-order chi connectivity index (χ0) is 13.4. The number of nitrogens with zero attached hydrogens (tertiary/aromatic N) is 3.